The first kappa shape index (κ1) is 16.4. The maximum Gasteiger partial charge on any atom is 0.147 e. The van der Waals surface area contributed by atoms with Gasteiger partial charge in [0.05, 0.1) is 5.02 Å². The molecule has 0 amide bonds. The van der Waals surface area contributed by atoms with E-state index in [0.717, 1.165) is 12.0 Å². The Kier molecular flexibility index (Phi) is 5.77. The molecule has 2 rings (SSSR count). The maximum atomic E-state index is 6.13. The molecule has 1 unspecified atom stereocenters. The van der Waals surface area contributed by atoms with E-state index in [1.165, 1.54) is 0 Å². The van der Waals surface area contributed by atoms with E-state index < -0.39 is 0 Å². The molecule has 2 aromatic carbocycles. The van der Waals surface area contributed by atoms with Gasteiger partial charge < -0.3 is 10.5 Å². The molecule has 0 saturated heterocycles. The molecule has 0 aliphatic heterocycles. The Morgan fingerprint density at radius 2 is 1.62 bits per heavy atom. The molecule has 0 radical (unpaired) electrons. The summed E-state index contributed by atoms with van der Waals surface area (Å²) >= 11 is 18.2. The Labute approximate surface area is 139 Å². The highest BCUT2D eigenvalue weighted by Crippen LogP contribution is 2.35. The summed E-state index contributed by atoms with van der Waals surface area (Å²) in [6, 6.07) is 10.7. The van der Waals surface area contributed by atoms with Crippen molar-refractivity contribution in [2.24, 2.45) is 5.73 Å². The molecule has 0 aliphatic carbocycles. The van der Waals surface area contributed by atoms with Crippen LogP contribution in [0.5, 0.6) is 11.5 Å². The van der Waals surface area contributed by atoms with Gasteiger partial charge in [0.15, 0.2) is 0 Å². The van der Waals surface area contributed by atoms with Gasteiger partial charge in [-0.25, -0.2) is 0 Å². The summed E-state index contributed by atoms with van der Waals surface area (Å²) in [7, 11) is 0. The number of nitrogens with two attached hydrogens (primary N) is 1. The fourth-order valence-corrected chi connectivity index (χ4v) is 2.37. The van der Waals surface area contributed by atoms with Gasteiger partial charge in [0, 0.05) is 22.2 Å². The second-order valence-corrected chi connectivity index (χ2v) is 6.08. The van der Waals surface area contributed by atoms with Crippen molar-refractivity contribution in [3.8, 4) is 11.5 Å². The zero-order chi connectivity index (χ0) is 15.4. The van der Waals surface area contributed by atoms with Crippen molar-refractivity contribution >= 4 is 34.8 Å². The van der Waals surface area contributed by atoms with E-state index in [1.807, 2.05) is 12.1 Å². The lowest BCUT2D eigenvalue weighted by atomic mass is 10.0. The molecule has 0 spiro atoms. The lowest BCUT2D eigenvalue weighted by Gasteiger charge is -2.15. The van der Waals surface area contributed by atoms with E-state index in [4.69, 9.17) is 45.3 Å². The highest BCUT2D eigenvalue weighted by Gasteiger charge is 2.12. The topological polar surface area (TPSA) is 35.2 Å². The van der Waals surface area contributed by atoms with Gasteiger partial charge in [-0.3, -0.25) is 0 Å². The van der Waals surface area contributed by atoms with Crippen molar-refractivity contribution in [1.82, 2.24) is 0 Å². The molecule has 0 aliphatic rings. The lowest BCUT2D eigenvalue weighted by Crippen LogP contribution is -2.21. The van der Waals surface area contributed by atoms with E-state index in [2.05, 4.69) is 6.92 Å². The highest BCUT2D eigenvalue weighted by atomic mass is 35.5. The molecule has 1 atom stereocenters. The van der Waals surface area contributed by atoms with Crippen LogP contribution in [0.2, 0.25) is 15.1 Å². The van der Waals surface area contributed by atoms with Crippen LogP contribution in [0, 0.1) is 0 Å². The first-order valence-corrected chi connectivity index (χ1v) is 7.80. The van der Waals surface area contributed by atoms with Crippen LogP contribution >= 0.6 is 34.8 Å². The standard InChI is InChI=1S/C16H16Cl3NO/c1-2-13(20)7-10-3-4-11(17)8-15(10)21-16-9-12(18)5-6-14(16)19/h3-6,8-9,13H,2,7,20H2,1H3. The second-order valence-electron chi connectivity index (χ2n) is 4.80. The summed E-state index contributed by atoms with van der Waals surface area (Å²) in [6.07, 6.45) is 1.60. The predicted octanol–water partition coefficient (Wildman–Crippen LogP) is 5.72. The molecular weight excluding hydrogens is 329 g/mol. The van der Waals surface area contributed by atoms with Gasteiger partial charge in [-0.15, -0.1) is 0 Å². The minimum absolute atomic E-state index is 0.0726. The molecule has 2 aromatic rings. The van der Waals surface area contributed by atoms with Crippen LogP contribution in [0.25, 0.3) is 0 Å². The smallest absolute Gasteiger partial charge is 0.147 e. The number of ether oxygens (including phenoxy) is 1. The van der Waals surface area contributed by atoms with Crippen LogP contribution in [0.3, 0.4) is 0 Å². The van der Waals surface area contributed by atoms with E-state index in [-0.39, 0.29) is 6.04 Å². The Morgan fingerprint density at radius 3 is 2.29 bits per heavy atom. The van der Waals surface area contributed by atoms with Crippen molar-refractivity contribution in [3.63, 3.8) is 0 Å². The van der Waals surface area contributed by atoms with Crippen molar-refractivity contribution in [2.45, 2.75) is 25.8 Å². The lowest BCUT2D eigenvalue weighted by molar-refractivity contribution is 0.472. The molecule has 2 nitrogen and oxygen atoms in total. The fraction of sp³-hybridized carbons (Fsp3) is 0.250. The molecule has 0 aromatic heterocycles. The van der Waals surface area contributed by atoms with Crippen LogP contribution in [0.15, 0.2) is 36.4 Å². The van der Waals surface area contributed by atoms with Crippen molar-refractivity contribution in [3.05, 3.63) is 57.0 Å². The largest absolute Gasteiger partial charge is 0.455 e. The Morgan fingerprint density at radius 1 is 1.00 bits per heavy atom. The van der Waals surface area contributed by atoms with Gasteiger partial charge in [-0.2, -0.15) is 0 Å². The Balaban J connectivity index is 2.33. The third-order valence-electron chi connectivity index (χ3n) is 3.15. The van der Waals surface area contributed by atoms with Gasteiger partial charge in [-0.1, -0.05) is 47.8 Å². The average Bonchev–Trinajstić information content (AvgIpc) is 2.45. The van der Waals surface area contributed by atoms with Crippen molar-refractivity contribution in [1.29, 1.82) is 0 Å². The minimum atomic E-state index is 0.0726. The molecule has 0 heterocycles. The number of halogens is 3. The van der Waals surface area contributed by atoms with Gasteiger partial charge >= 0.3 is 0 Å². The highest BCUT2D eigenvalue weighted by molar-refractivity contribution is 6.34. The fourth-order valence-electron chi connectivity index (χ4n) is 1.89. The number of benzene rings is 2. The van der Waals surface area contributed by atoms with Gasteiger partial charge in [0.2, 0.25) is 0 Å². The molecule has 2 N–H and O–H groups in total. The van der Waals surface area contributed by atoms with E-state index in [9.17, 15) is 0 Å². The van der Waals surface area contributed by atoms with Crippen LogP contribution < -0.4 is 10.5 Å². The first-order chi connectivity index (χ1) is 9.99. The van der Waals surface area contributed by atoms with E-state index in [0.29, 0.717) is 33.0 Å². The number of hydrogen-bond acceptors (Lipinski definition) is 2. The SMILES string of the molecule is CCC(N)Cc1ccc(Cl)cc1Oc1cc(Cl)ccc1Cl. The number of hydrogen-bond donors (Lipinski definition) is 1. The van der Waals surface area contributed by atoms with Crippen molar-refractivity contribution in [2.75, 3.05) is 0 Å². The van der Waals surface area contributed by atoms with Crippen LogP contribution in [0.4, 0.5) is 0 Å². The molecule has 21 heavy (non-hydrogen) atoms. The zero-order valence-electron chi connectivity index (χ0n) is 11.6. The average molecular weight is 345 g/mol. The summed E-state index contributed by atoms with van der Waals surface area (Å²) < 4.78 is 5.89. The van der Waals surface area contributed by atoms with Gasteiger partial charge in [0.25, 0.3) is 0 Å². The normalized spacial score (nSPS) is 12.2. The van der Waals surface area contributed by atoms with Crippen LogP contribution in [-0.4, -0.2) is 6.04 Å². The third kappa shape index (κ3) is 4.52. The van der Waals surface area contributed by atoms with Crippen molar-refractivity contribution < 1.29 is 4.74 Å². The van der Waals surface area contributed by atoms with Gasteiger partial charge in [0.1, 0.15) is 11.5 Å². The quantitative estimate of drug-likeness (QED) is 0.753. The summed E-state index contributed by atoms with van der Waals surface area (Å²) in [6.45, 7) is 2.05. The molecule has 112 valence electrons. The van der Waals surface area contributed by atoms with Crippen LogP contribution in [-0.2, 0) is 6.42 Å². The van der Waals surface area contributed by atoms with E-state index >= 15 is 0 Å². The molecule has 0 bridgehead atoms. The third-order valence-corrected chi connectivity index (χ3v) is 3.93. The van der Waals surface area contributed by atoms with E-state index in [1.54, 1.807) is 24.3 Å². The predicted molar refractivity (Wildman–Crippen MR) is 90.0 cm³/mol. The summed E-state index contributed by atoms with van der Waals surface area (Å²) in [5, 5.41) is 1.64. The number of rotatable bonds is 5. The van der Waals surface area contributed by atoms with Gasteiger partial charge in [-0.05, 0) is 42.7 Å². The Hall–Kier alpha value is -0.930. The molecule has 5 heteroatoms. The van der Waals surface area contributed by atoms with Crippen LogP contribution in [0.1, 0.15) is 18.9 Å². The summed E-state index contributed by atoms with van der Waals surface area (Å²) in [5.74, 6) is 1.15. The zero-order valence-corrected chi connectivity index (χ0v) is 13.8. The molecular formula is C16H16Cl3NO. The Bertz CT molecular complexity index is 631. The minimum Gasteiger partial charge on any atom is -0.455 e. The first-order valence-electron chi connectivity index (χ1n) is 6.66. The second kappa shape index (κ2) is 7.37. The monoisotopic (exact) mass is 343 g/mol. The maximum absolute atomic E-state index is 6.13. The molecule has 0 saturated carbocycles. The molecule has 0 fully saturated rings. The summed E-state index contributed by atoms with van der Waals surface area (Å²) in [4.78, 5) is 0. The summed E-state index contributed by atoms with van der Waals surface area (Å²) in [5.41, 5.74) is 7.01.